The van der Waals surface area contributed by atoms with Crippen LogP contribution < -0.4 is 10.6 Å². The van der Waals surface area contributed by atoms with Crippen LogP contribution in [0.15, 0.2) is 170 Å². The molecule has 2 aliphatic rings. The first kappa shape index (κ1) is 33.8. The van der Waals surface area contributed by atoms with Gasteiger partial charge in [-0.3, -0.25) is 0 Å². The Balaban J connectivity index is 1.07. The SMILES string of the molecule is CC1(C)c2cc(-c3ccc(P(=O)(c4ccccc4)C4C=CC=CC4)cc3)ccc2-c2ccc(-c3nc(-c4ccccc4)nc(-c4ccc(F)cc4)n3)cc21. The van der Waals surface area contributed by atoms with Crippen LogP contribution in [0.1, 0.15) is 31.4 Å². The molecule has 2 atom stereocenters. The van der Waals surface area contributed by atoms with E-state index in [4.69, 9.17) is 15.0 Å². The minimum absolute atomic E-state index is 0.0723. The molecule has 0 fully saturated rings. The van der Waals surface area contributed by atoms with Crippen molar-refractivity contribution in [1.82, 2.24) is 15.0 Å². The minimum Gasteiger partial charge on any atom is -0.313 e. The maximum absolute atomic E-state index is 15.0. The first-order valence-corrected chi connectivity index (χ1v) is 20.0. The van der Waals surface area contributed by atoms with Gasteiger partial charge >= 0.3 is 0 Å². The van der Waals surface area contributed by atoms with E-state index in [2.05, 4.69) is 86.7 Å². The van der Waals surface area contributed by atoms with Crippen LogP contribution in [0.4, 0.5) is 4.39 Å². The molecule has 6 aromatic carbocycles. The summed E-state index contributed by atoms with van der Waals surface area (Å²) in [6.07, 6.45) is 9.01. The number of aromatic nitrogens is 3. The van der Waals surface area contributed by atoms with Crippen molar-refractivity contribution in [3.05, 3.63) is 187 Å². The maximum Gasteiger partial charge on any atom is 0.164 e. The predicted molar refractivity (Wildman–Crippen MR) is 219 cm³/mol. The van der Waals surface area contributed by atoms with Crippen molar-refractivity contribution in [3.63, 3.8) is 0 Å². The number of hydrogen-bond donors (Lipinski definition) is 0. The Bertz CT molecular complexity index is 2630. The molecule has 0 aliphatic heterocycles. The standard InChI is InChI=1S/C48H37FN3OP/c1-48(2)43-30-35(32-20-26-40(27-21-32)54(53,38-14-8-4-9-15-38)39-16-10-5-11-17-39)22-28-41(43)42-29-23-36(31-44(42)48)47-51-45(33-12-6-3-7-13-33)50-46(52-47)34-18-24-37(49)25-19-34/h3-16,18-31,39H,17H2,1-2H3. The van der Waals surface area contributed by atoms with Gasteiger partial charge in [-0.2, -0.15) is 0 Å². The average molecular weight is 722 g/mol. The smallest absolute Gasteiger partial charge is 0.164 e. The summed E-state index contributed by atoms with van der Waals surface area (Å²) in [6, 6.07) is 47.6. The van der Waals surface area contributed by atoms with E-state index in [0.717, 1.165) is 44.8 Å². The fraction of sp³-hybridized carbons (Fsp3) is 0.104. The monoisotopic (exact) mass is 721 g/mol. The van der Waals surface area contributed by atoms with Crippen LogP contribution in [0, 0.1) is 5.82 Å². The highest BCUT2D eigenvalue weighted by Gasteiger charge is 2.37. The second-order valence-corrected chi connectivity index (χ2v) is 17.5. The van der Waals surface area contributed by atoms with Gasteiger partial charge in [-0.1, -0.05) is 147 Å². The first-order chi connectivity index (χ1) is 26.3. The molecule has 0 spiro atoms. The van der Waals surface area contributed by atoms with Gasteiger partial charge in [-0.15, -0.1) is 0 Å². The zero-order valence-electron chi connectivity index (χ0n) is 30.0. The van der Waals surface area contributed by atoms with Crippen LogP contribution in [0.25, 0.3) is 56.4 Å². The second-order valence-electron chi connectivity index (χ2n) is 14.5. The Hall–Kier alpha value is -6.03. The van der Waals surface area contributed by atoms with Gasteiger partial charge in [0.05, 0.1) is 0 Å². The lowest BCUT2D eigenvalue weighted by Gasteiger charge is -2.27. The number of allylic oxidation sites excluding steroid dienone is 4. The quantitative estimate of drug-likeness (QED) is 0.154. The maximum atomic E-state index is 15.0. The number of fused-ring (bicyclic) bond motifs is 3. The fourth-order valence-electron chi connectivity index (χ4n) is 7.90. The first-order valence-electron chi connectivity index (χ1n) is 18.3. The van der Waals surface area contributed by atoms with Crippen molar-refractivity contribution in [1.29, 1.82) is 0 Å². The zero-order valence-corrected chi connectivity index (χ0v) is 30.9. The Labute approximate surface area is 315 Å². The Kier molecular flexibility index (Phi) is 8.40. The van der Waals surface area contributed by atoms with Crippen molar-refractivity contribution in [3.8, 4) is 56.4 Å². The van der Waals surface area contributed by atoms with Crippen molar-refractivity contribution < 1.29 is 8.96 Å². The van der Waals surface area contributed by atoms with Gasteiger partial charge in [0.1, 0.15) is 13.0 Å². The van der Waals surface area contributed by atoms with E-state index in [1.165, 1.54) is 34.4 Å². The van der Waals surface area contributed by atoms with Gasteiger partial charge in [0.2, 0.25) is 0 Å². The molecule has 1 aromatic heterocycles. The van der Waals surface area contributed by atoms with E-state index < -0.39 is 7.14 Å². The van der Waals surface area contributed by atoms with Gasteiger partial charge in [-0.05, 0) is 76.2 Å². The highest BCUT2D eigenvalue weighted by Crippen LogP contribution is 2.53. The number of halogens is 1. The number of hydrogen-bond acceptors (Lipinski definition) is 4. The highest BCUT2D eigenvalue weighted by atomic mass is 31.2. The van der Waals surface area contributed by atoms with Crippen LogP contribution in [-0.2, 0) is 9.98 Å². The topological polar surface area (TPSA) is 55.7 Å². The van der Waals surface area contributed by atoms with Gasteiger partial charge < -0.3 is 4.57 Å². The summed E-state index contributed by atoms with van der Waals surface area (Å²) in [5.41, 5.74) is 9.17. The summed E-state index contributed by atoms with van der Waals surface area (Å²) in [7, 11) is -2.93. The number of benzene rings is 6. The van der Waals surface area contributed by atoms with Gasteiger partial charge in [0.15, 0.2) is 17.5 Å². The molecule has 0 saturated heterocycles. The van der Waals surface area contributed by atoms with Gasteiger partial charge in [0.25, 0.3) is 0 Å². The molecule has 0 radical (unpaired) electrons. The highest BCUT2D eigenvalue weighted by molar-refractivity contribution is 7.79. The molecule has 262 valence electrons. The zero-order chi connectivity index (χ0) is 36.9. The fourth-order valence-corrected chi connectivity index (χ4v) is 10.9. The molecule has 7 aromatic rings. The van der Waals surface area contributed by atoms with Crippen LogP contribution in [0.5, 0.6) is 0 Å². The summed E-state index contributed by atoms with van der Waals surface area (Å²) in [5.74, 6) is 1.30. The Morgan fingerprint density at radius 2 is 1.06 bits per heavy atom. The van der Waals surface area contributed by atoms with E-state index in [0.29, 0.717) is 17.5 Å². The van der Waals surface area contributed by atoms with E-state index in [9.17, 15) is 8.96 Å². The summed E-state index contributed by atoms with van der Waals surface area (Å²) < 4.78 is 28.8. The predicted octanol–water partition coefficient (Wildman–Crippen LogP) is 11.2. The third-order valence-corrected chi connectivity index (χ3v) is 14.3. The van der Waals surface area contributed by atoms with Crippen LogP contribution in [0.2, 0.25) is 0 Å². The van der Waals surface area contributed by atoms with E-state index in [1.54, 1.807) is 12.1 Å². The van der Waals surface area contributed by atoms with E-state index in [-0.39, 0.29) is 16.9 Å². The average Bonchev–Trinajstić information content (AvgIpc) is 3.46. The molecule has 2 aliphatic carbocycles. The molecule has 0 amide bonds. The molecular formula is C48H37FN3OP. The van der Waals surface area contributed by atoms with Crippen LogP contribution >= 0.6 is 7.14 Å². The Morgan fingerprint density at radius 3 is 1.67 bits per heavy atom. The lowest BCUT2D eigenvalue weighted by molar-refractivity contribution is 0.582. The third-order valence-electron chi connectivity index (χ3n) is 10.9. The van der Waals surface area contributed by atoms with E-state index in [1.807, 2.05) is 72.8 Å². The number of rotatable bonds is 7. The van der Waals surface area contributed by atoms with Crippen LogP contribution in [-0.4, -0.2) is 20.6 Å². The molecule has 2 unspecified atom stereocenters. The van der Waals surface area contributed by atoms with Gasteiger partial charge in [0, 0.05) is 38.4 Å². The molecule has 54 heavy (non-hydrogen) atoms. The minimum atomic E-state index is -2.93. The summed E-state index contributed by atoms with van der Waals surface area (Å²) in [4.78, 5) is 14.6. The molecule has 9 rings (SSSR count). The molecule has 0 N–H and O–H groups in total. The largest absolute Gasteiger partial charge is 0.313 e. The van der Waals surface area contributed by atoms with Crippen LogP contribution in [0.3, 0.4) is 0 Å². The van der Waals surface area contributed by atoms with Gasteiger partial charge in [-0.25, -0.2) is 19.3 Å². The van der Waals surface area contributed by atoms with E-state index >= 15 is 0 Å². The number of nitrogens with zero attached hydrogens (tertiary/aromatic N) is 3. The normalized spacial score (nSPS) is 16.4. The summed E-state index contributed by atoms with van der Waals surface area (Å²) >= 11 is 0. The molecule has 4 nitrogen and oxygen atoms in total. The van der Waals surface area contributed by atoms with Crippen molar-refractivity contribution in [2.24, 2.45) is 0 Å². The molecule has 0 saturated carbocycles. The molecule has 6 heteroatoms. The lowest BCUT2D eigenvalue weighted by atomic mass is 9.81. The van der Waals surface area contributed by atoms with Crippen molar-refractivity contribution in [2.75, 3.05) is 0 Å². The van der Waals surface area contributed by atoms with Crippen molar-refractivity contribution in [2.45, 2.75) is 31.3 Å². The summed E-state index contributed by atoms with van der Waals surface area (Å²) in [5, 5.41) is 1.76. The Morgan fingerprint density at radius 1 is 0.556 bits per heavy atom. The molecule has 1 heterocycles. The lowest BCUT2D eigenvalue weighted by Crippen LogP contribution is -2.25. The summed E-state index contributed by atoms with van der Waals surface area (Å²) in [6.45, 7) is 4.53. The third kappa shape index (κ3) is 5.86. The second kappa shape index (κ2) is 13.4. The van der Waals surface area contributed by atoms with Crippen molar-refractivity contribution >= 4 is 17.8 Å². The molecule has 0 bridgehead atoms. The molecular weight excluding hydrogens is 685 g/mol.